The number of aryl methyl sites for hydroxylation is 1. The Balaban J connectivity index is 2.43. The standard InChI is InChI=1S/C17H22N2O/c1-4-18-17(15-11-8-9-13(3)19-15)14-10-6-7-12-16(14)20-5-2/h6-12,17-18H,4-5H2,1-3H3. The summed E-state index contributed by atoms with van der Waals surface area (Å²) in [6.45, 7) is 7.66. The third-order valence-corrected chi connectivity index (χ3v) is 3.14. The minimum atomic E-state index is 0.0580. The number of pyridine rings is 1. The summed E-state index contributed by atoms with van der Waals surface area (Å²) < 4.78 is 5.75. The fraction of sp³-hybridized carbons (Fsp3) is 0.353. The van der Waals surface area contributed by atoms with Gasteiger partial charge >= 0.3 is 0 Å². The van der Waals surface area contributed by atoms with Crippen LogP contribution in [-0.2, 0) is 0 Å². The number of aromatic nitrogens is 1. The van der Waals surface area contributed by atoms with E-state index in [1.54, 1.807) is 0 Å². The van der Waals surface area contributed by atoms with Gasteiger partial charge in [-0.15, -0.1) is 0 Å². The topological polar surface area (TPSA) is 34.2 Å². The van der Waals surface area contributed by atoms with Crippen molar-refractivity contribution < 1.29 is 4.74 Å². The van der Waals surface area contributed by atoms with Crippen molar-refractivity contribution in [3.63, 3.8) is 0 Å². The van der Waals surface area contributed by atoms with E-state index in [1.807, 2.05) is 44.2 Å². The molecular weight excluding hydrogens is 248 g/mol. The molecule has 0 fully saturated rings. The van der Waals surface area contributed by atoms with Crippen LogP contribution < -0.4 is 10.1 Å². The second-order valence-electron chi connectivity index (χ2n) is 4.67. The van der Waals surface area contributed by atoms with Crippen LogP contribution in [0.1, 0.15) is 36.8 Å². The van der Waals surface area contributed by atoms with Gasteiger partial charge in [-0.2, -0.15) is 0 Å². The summed E-state index contributed by atoms with van der Waals surface area (Å²) in [4.78, 5) is 4.65. The van der Waals surface area contributed by atoms with Crippen molar-refractivity contribution in [3.05, 3.63) is 59.4 Å². The molecule has 0 radical (unpaired) electrons. The number of nitrogens with one attached hydrogen (secondary N) is 1. The third kappa shape index (κ3) is 3.36. The minimum absolute atomic E-state index is 0.0580. The number of rotatable bonds is 6. The van der Waals surface area contributed by atoms with Gasteiger partial charge in [0, 0.05) is 11.3 Å². The number of nitrogens with zero attached hydrogens (tertiary/aromatic N) is 1. The molecule has 1 atom stereocenters. The number of ether oxygens (including phenoxy) is 1. The molecule has 0 amide bonds. The highest BCUT2D eigenvalue weighted by atomic mass is 16.5. The Hall–Kier alpha value is -1.87. The van der Waals surface area contributed by atoms with Crippen molar-refractivity contribution in [1.29, 1.82) is 0 Å². The van der Waals surface area contributed by atoms with Gasteiger partial charge in [-0.3, -0.25) is 4.98 Å². The number of hydrogen-bond acceptors (Lipinski definition) is 3. The first kappa shape index (κ1) is 14.5. The molecule has 0 aliphatic carbocycles. The monoisotopic (exact) mass is 270 g/mol. The number of para-hydroxylation sites is 1. The lowest BCUT2D eigenvalue weighted by atomic mass is 10.0. The zero-order chi connectivity index (χ0) is 14.4. The molecule has 20 heavy (non-hydrogen) atoms. The molecule has 1 N–H and O–H groups in total. The molecule has 3 nitrogen and oxygen atoms in total. The van der Waals surface area contributed by atoms with Crippen LogP contribution in [0.4, 0.5) is 0 Å². The van der Waals surface area contributed by atoms with Gasteiger partial charge in [0.25, 0.3) is 0 Å². The lowest BCUT2D eigenvalue weighted by molar-refractivity contribution is 0.333. The Kier molecular flexibility index (Phi) is 5.13. The minimum Gasteiger partial charge on any atom is -0.494 e. The van der Waals surface area contributed by atoms with Gasteiger partial charge in [-0.1, -0.05) is 31.2 Å². The highest BCUT2D eigenvalue weighted by Crippen LogP contribution is 2.29. The molecule has 1 aromatic carbocycles. The molecule has 0 aliphatic heterocycles. The molecule has 1 heterocycles. The Morgan fingerprint density at radius 2 is 1.90 bits per heavy atom. The molecule has 0 bridgehead atoms. The molecule has 1 unspecified atom stereocenters. The number of hydrogen-bond donors (Lipinski definition) is 1. The SMILES string of the molecule is CCNC(c1cccc(C)n1)c1ccccc1OCC. The van der Waals surface area contributed by atoms with Gasteiger partial charge in [-0.25, -0.2) is 0 Å². The summed E-state index contributed by atoms with van der Waals surface area (Å²) >= 11 is 0. The van der Waals surface area contributed by atoms with E-state index in [4.69, 9.17) is 4.74 Å². The van der Waals surface area contributed by atoms with Crippen LogP contribution in [0.15, 0.2) is 42.5 Å². The van der Waals surface area contributed by atoms with Crippen molar-refractivity contribution in [1.82, 2.24) is 10.3 Å². The van der Waals surface area contributed by atoms with Crippen LogP contribution in [0.3, 0.4) is 0 Å². The Bertz CT molecular complexity index is 554. The van der Waals surface area contributed by atoms with E-state index < -0.39 is 0 Å². The molecule has 3 heteroatoms. The first-order chi connectivity index (χ1) is 9.76. The van der Waals surface area contributed by atoms with Gasteiger partial charge in [0.1, 0.15) is 5.75 Å². The molecule has 1 aromatic heterocycles. The highest BCUT2D eigenvalue weighted by Gasteiger charge is 2.18. The fourth-order valence-electron chi connectivity index (χ4n) is 2.31. The second-order valence-corrected chi connectivity index (χ2v) is 4.67. The average Bonchev–Trinajstić information content (AvgIpc) is 2.46. The van der Waals surface area contributed by atoms with Crippen molar-refractivity contribution in [2.24, 2.45) is 0 Å². The summed E-state index contributed by atoms with van der Waals surface area (Å²) in [5.74, 6) is 0.921. The lowest BCUT2D eigenvalue weighted by Gasteiger charge is -2.21. The van der Waals surface area contributed by atoms with Crippen molar-refractivity contribution in [2.45, 2.75) is 26.8 Å². The summed E-state index contributed by atoms with van der Waals surface area (Å²) in [6, 6.07) is 14.3. The fourth-order valence-corrected chi connectivity index (χ4v) is 2.31. The maximum atomic E-state index is 5.75. The van der Waals surface area contributed by atoms with Crippen LogP contribution in [-0.4, -0.2) is 18.1 Å². The smallest absolute Gasteiger partial charge is 0.124 e. The van der Waals surface area contributed by atoms with Crippen molar-refractivity contribution >= 4 is 0 Å². The van der Waals surface area contributed by atoms with E-state index >= 15 is 0 Å². The molecule has 106 valence electrons. The third-order valence-electron chi connectivity index (χ3n) is 3.14. The van der Waals surface area contributed by atoms with E-state index in [-0.39, 0.29) is 6.04 Å². The van der Waals surface area contributed by atoms with E-state index in [2.05, 4.69) is 29.4 Å². The maximum absolute atomic E-state index is 5.75. The molecular formula is C17H22N2O. The van der Waals surface area contributed by atoms with E-state index in [9.17, 15) is 0 Å². The first-order valence-electron chi connectivity index (χ1n) is 7.15. The molecule has 0 saturated heterocycles. The normalized spacial score (nSPS) is 12.2. The first-order valence-corrected chi connectivity index (χ1v) is 7.15. The summed E-state index contributed by atoms with van der Waals surface area (Å²) in [5, 5.41) is 3.50. The molecule has 0 spiro atoms. The quantitative estimate of drug-likeness (QED) is 0.872. The molecule has 2 rings (SSSR count). The molecule has 0 aliphatic rings. The van der Waals surface area contributed by atoms with Crippen molar-refractivity contribution in [2.75, 3.05) is 13.2 Å². The Morgan fingerprint density at radius 1 is 1.10 bits per heavy atom. The largest absolute Gasteiger partial charge is 0.494 e. The lowest BCUT2D eigenvalue weighted by Crippen LogP contribution is -2.23. The maximum Gasteiger partial charge on any atom is 0.124 e. The zero-order valence-electron chi connectivity index (χ0n) is 12.4. The molecule has 0 saturated carbocycles. The van der Waals surface area contributed by atoms with Crippen LogP contribution in [0, 0.1) is 6.92 Å². The van der Waals surface area contributed by atoms with Gasteiger partial charge in [0.15, 0.2) is 0 Å². The van der Waals surface area contributed by atoms with Crippen molar-refractivity contribution in [3.8, 4) is 5.75 Å². The van der Waals surface area contributed by atoms with Crippen LogP contribution >= 0.6 is 0 Å². The summed E-state index contributed by atoms with van der Waals surface area (Å²) in [7, 11) is 0. The van der Waals surface area contributed by atoms with Gasteiger partial charge in [0.05, 0.1) is 18.3 Å². The van der Waals surface area contributed by atoms with E-state index in [1.165, 1.54) is 0 Å². The highest BCUT2D eigenvalue weighted by molar-refractivity contribution is 5.40. The second kappa shape index (κ2) is 7.06. The number of benzene rings is 1. The van der Waals surface area contributed by atoms with E-state index in [0.717, 1.165) is 29.2 Å². The van der Waals surface area contributed by atoms with Gasteiger partial charge < -0.3 is 10.1 Å². The Morgan fingerprint density at radius 3 is 2.60 bits per heavy atom. The molecule has 2 aromatic rings. The van der Waals surface area contributed by atoms with Crippen LogP contribution in [0.5, 0.6) is 5.75 Å². The van der Waals surface area contributed by atoms with Gasteiger partial charge in [0.2, 0.25) is 0 Å². The Labute approximate surface area is 121 Å². The van der Waals surface area contributed by atoms with E-state index in [0.29, 0.717) is 6.61 Å². The average molecular weight is 270 g/mol. The summed E-state index contributed by atoms with van der Waals surface area (Å²) in [6.07, 6.45) is 0. The van der Waals surface area contributed by atoms with Gasteiger partial charge in [-0.05, 0) is 38.6 Å². The zero-order valence-corrected chi connectivity index (χ0v) is 12.4. The van der Waals surface area contributed by atoms with Crippen LogP contribution in [0.2, 0.25) is 0 Å². The van der Waals surface area contributed by atoms with Crippen LogP contribution in [0.25, 0.3) is 0 Å². The predicted octanol–water partition coefficient (Wildman–Crippen LogP) is 3.49. The predicted molar refractivity (Wildman–Crippen MR) is 82.1 cm³/mol. The summed E-state index contributed by atoms with van der Waals surface area (Å²) in [5.41, 5.74) is 3.19.